The Morgan fingerprint density at radius 2 is 1.69 bits per heavy atom. The summed E-state index contributed by atoms with van der Waals surface area (Å²) >= 11 is 0. The first-order valence-electron chi connectivity index (χ1n) is 13.6. The maximum absolute atomic E-state index is 12.5. The summed E-state index contributed by atoms with van der Waals surface area (Å²) in [4.78, 5) is 11.6. The first kappa shape index (κ1) is 33.6. The minimum Gasteiger partial charge on any atom is -0.482 e. The maximum atomic E-state index is 12.5. The first-order valence-corrected chi connectivity index (χ1v) is 16.3. The van der Waals surface area contributed by atoms with Crippen LogP contribution in [0.15, 0.2) is 47.4 Å². The molecular formula is C29H36F3NO7S2. The molecule has 2 aliphatic carbocycles. The second kappa shape index (κ2) is 14.0. The van der Waals surface area contributed by atoms with Crippen molar-refractivity contribution in [1.29, 1.82) is 0 Å². The first-order chi connectivity index (χ1) is 19.6. The lowest BCUT2D eigenvalue weighted by Gasteiger charge is -2.26. The van der Waals surface area contributed by atoms with E-state index in [0.29, 0.717) is 18.6 Å². The summed E-state index contributed by atoms with van der Waals surface area (Å²) in [5.41, 5.74) is 1.62. The third-order valence-electron chi connectivity index (χ3n) is 6.83. The van der Waals surface area contributed by atoms with Gasteiger partial charge >= 0.3 is 12.1 Å². The van der Waals surface area contributed by atoms with E-state index < -0.39 is 48.7 Å². The number of benzene rings is 2. The van der Waals surface area contributed by atoms with E-state index in [1.54, 1.807) is 0 Å². The number of ether oxygens (including phenoxy) is 2. The van der Waals surface area contributed by atoms with Crippen LogP contribution >= 0.6 is 0 Å². The smallest absolute Gasteiger partial charge is 0.416 e. The Balaban J connectivity index is 0.000000240. The molecule has 0 bridgehead atoms. The van der Waals surface area contributed by atoms with Crippen LogP contribution in [-0.2, 0) is 42.3 Å². The van der Waals surface area contributed by atoms with E-state index in [1.807, 2.05) is 39.0 Å². The van der Waals surface area contributed by atoms with Crippen molar-refractivity contribution in [2.75, 3.05) is 6.61 Å². The molecule has 1 N–H and O–H groups in total. The van der Waals surface area contributed by atoms with E-state index in [4.69, 9.17) is 9.47 Å². The van der Waals surface area contributed by atoms with Gasteiger partial charge in [0.05, 0.1) is 21.2 Å². The highest BCUT2D eigenvalue weighted by molar-refractivity contribution is 7.92. The standard InChI is InChI=1S/C17H23NO5S.C12H13F3O2S/c1-17(2,3)23-16(19)10-22-15-9-5-6-12-13(15)7-4-8-14(12)18-11-24(20)21;13-12(14,15)9-4-3-7-11(8-9)18(16,17)10-5-1-2-6-10/h5-6,9,11,14,18H,4,7-8,10H2,1-3H3;3-4,7-8,10H,1-2,5-6H2. The van der Waals surface area contributed by atoms with Crippen LogP contribution in [0.25, 0.3) is 0 Å². The van der Waals surface area contributed by atoms with Gasteiger partial charge in [-0.3, -0.25) is 5.32 Å². The fourth-order valence-electron chi connectivity index (χ4n) is 5.01. The van der Waals surface area contributed by atoms with Gasteiger partial charge in [0.2, 0.25) is 10.3 Å². The van der Waals surface area contributed by atoms with E-state index in [9.17, 15) is 34.8 Å². The van der Waals surface area contributed by atoms with Crippen molar-refractivity contribution in [3.05, 3.63) is 59.2 Å². The molecule has 2 aromatic rings. The van der Waals surface area contributed by atoms with Crippen molar-refractivity contribution >= 4 is 31.6 Å². The van der Waals surface area contributed by atoms with Crippen molar-refractivity contribution in [2.45, 2.75) is 93.7 Å². The molecule has 4 rings (SSSR count). The highest BCUT2D eigenvalue weighted by Gasteiger charge is 2.34. The second-order valence-electron chi connectivity index (χ2n) is 11.2. The molecule has 2 aliphatic rings. The van der Waals surface area contributed by atoms with E-state index in [2.05, 4.69) is 5.32 Å². The fourth-order valence-corrected chi connectivity index (χ4v) is 7.18. The van der Waals surface area contributed by atoms with Crippen LogP contribution in [0, 0.1) is 0 Å². The number of carbonyl (C=O) groups is 1. The SMILES string of the molecule is CC(C)(C)OC(=O)COc1cccc2c1CCCC2NC=S(=O)=O.O=S(=O)(c1cccc(C(F)(F)F)c1)C1CCCC1. The molecule has 0 saturated heterocycles. The summed E-state index contributed by atoms with van der Waals surface area (Å²) in [5, 5.41) is 2.39. The van der Waals surface area contributed by atoms with Crippen LogP contribution in [0.4, 0.5) is 13.2 Å². The molecule has 1 atom stereocenters. The Kier molecular flexibility index (Phi) is 11.2. The van der Waals surface area contributed by atoms with Crippen molar-refractivity contribution in [3.63, 3.8) is 0 Å². The van der Waals surface area contributed by atoms with Crippen molar-refractivity contribution in [1.82, 2.24) is 5.32 Å². The summed E-state index contributed by atoms with van der Waals surface area (Å²) in [6, 6.07) is 9.54. The minimum atomic E-state index is -4.51. The molecule has 2 aromatic carbocycles. The number of rotatable bonds is 7. The largest absolute Gasteiger partial charge is 0.482 e. The normalized spacial score (nSPS) is 17.4. The van der Waals surface area contributed by atoms with Gasteiger partial charge in [-0.05, 0) is 88.3 Å². The van der Waals surface area contributed by atoms with Gasteiger partial charge in [-0.1, -0.05) is 31.0 Å². The number of nitrogens with one attached hydrogen (secondary N) is 1. The Hall–Kier alpha value is -2.90. The molecule has 1 fully saturated rings. The lowest BCUT2D eigenvalue weighted by atomic mass is 9.87. The van der Waals surface area contributed by atoms with Gasteiger partial charge in [0.25, 0.3) is 0 Å². The predicted molar refractivity (Wildman–Crippen MR) is 152 cm³/mol. The summed E-state index contributed by atoms with van der Waals surface area (Å²) in [6.45, 7) is 5.27. The topological polar surface area (TPSA) is 116 Å². The maximum Gasteiger partial charge on any atom is 0.416 e. The average molecular weight is 632 g/mol. The van der Waals surface area contributed by atoms with Gasteiger partial charge in [0.1, 0.15) is 11.4 Å². The quantitative estimate of drug-likeness (QED) is 0.318. The number of hydrogen-bond donors (Lipinski definition) is 1. The zero-order valence-electron chi connectivity index (χ0n) is 23.7. The molecular weight excluding hydrogens is 595 g/mol. The summed E-state index contributed by atoms with van der Waals surface area (Å²) in [5.74, 6) is 0.230. The number of carbonyl (C=O) groups excluding carboxylic acids is 1. The van der Waals surface area contributed by atoms with E-state index >= 15 is 0 Å². The molecule has 0 aromatic heterocycles. The Labute approximate surface area is 246 Å². The summed E-state index contributed by atoms with van der Waals surface area (Å²) in [6.07, 6.45) is 0.801. The monoisotopic (exact) mass is 631 g/mol. The molecule has 0 spiro atoms. The van der Waals surface area contributed by atoms with Gasteiger partial charge in [0.15, 0.2) is 16.4 Å². The van der Waals surface area contributed by atoms with Crippen LogP contribution in [0.5, 0.6) is 5.75 Å². The van der Waals surface area contributed by atoms with Crippen molar-refractivity contribution in [3.8, 4) is 5.75 Å². The Morgan fingerprint density at radius 1 is 1.02 bits per heavy atom. The number of esters is 1. The van der Waals surface area contributed by atoms with Gasteiger partial charge in [-0.2, -0.15) is 21.6 Å². The lowest BCUT2D eigenvalue weighted by molar-refractivity contribution is -0.157. The van der Waals surface area contributed by atoms with E-state index in [0.717, 1.165) is 66.9 Å². The Morgan fingerprint density at radius 3 is 2.31 bits per heavy atom. The average Bonchev–Trinajstić information content (AvgIpc) is 3.46. The molecule has 0 heterocycles. The third-order valence-corrected chi connectivity index (χ3v) is 9.41. The van der Waals surface area contributed by atoms with Crippen molar-refractivity contribution < 1.29 is 44.3 Å². The van der Waals surface area contributed by atoms with Crippen LogP contribution in [-0.4, -0.2) is 45.8 Å². The highest BCUT2D eigenvalue weighted by Crippen LogP contribution is 2.36. The second-order valence-corrected chi connectivity index (χ2v) is 14.2. The number of fused-ring (bicyclic) bond motifs is 1. The van der Waals surface area contributed by atoms with Gasteiger partial charge < -0.3 is 9.47 Å². The summed E-state index contributed by atoms with van der Waals surface area (Å²) in [7, 11) is -5.87. The third kappa shape index (κ3) is 9.56. The highest BCUT2D eigenvalue weighted by atomic mass is 32.2. The van der Waals surface area contributed by atoms with Crippen LogP contribution < -0.4 is 10.1 Å². The van der Waals surface area contributed by atoms with E-state index in [1.165, 1.54) is 6.07 Å². The molecule has 1 unspecified atom stereocenters. The summed E-state index contributed by atoms with van der Waals surface area (Å²) < 4.78 is 94.2. The number of halogens is 3. The molecule has 0 aliphatic heterocycles. The van der Waals surface area contributed by atoms with E-state index in [-0.39, 0.29) is 17.5 Å². The molecule has 0 radical (unpaired) electrons. The van der Waals surface area contributed by atoms with Crippen molar-refractivity contribution in [2.24, 2.45) is 0 Å². The molecule has 42 heavy (non-hydrogen) atoms. The van der Waals surface area contributed by atoms with Gasteiger partial charge in [-0.25, -0.2) is 13.2 Å². The van der Waals surface area contributed by atoms with Gasteiger partial charge in [0, 0.05) is 6.04 Å². The lowest BCUT2D eigenvalue weighted by Crippen LogP contribution is -2.28. The van der Waals surface area contributed by atoms with Crippen LogP contribution in [0.2, 0.25) is 0 Å². The molecule has 232 valence electrons. The predicted octanol–water partition coefficient (Wildman–Crippen LogP) is 5.43. The molecule has 0 amide bonds. The fraction of sp³-hybridized carbons (Fsp3) is 0.517. The minimum absolute atomic E-state index is 0.0725. The number of hydrogen-bond acceptors (Lipinski definition) is 7. The molecule has 8 nitrogen and oxygen atoms in total. The van der Waals surface area contributed by atoms with Crippen LogP contribution in [0.3, 0.4) is 0 Å². The Bertz CT molecular complexity index is 1480. The molecule has 1 saturated carbocycles. The zero-order chi connectivity index (χ0) is 31.1. The van der Waals surface area contributed by atoms with Crippen LogP contribution in [0.1, 0.15) is 82.0 Å². The molecule has 13 heteroatoms. The van der Waals surface area contributed by atoms with Gasteiger partial charge in [-0.15, -0.1) is 0 Å². The zero-order valence-corrected chi connectivity index (χ0v) is 25.4. The number of sulfone groups is 1. The number of alkyl halides is 3.